The molecule has 0 heterocycles. The number of nitrogens with one attached hydrogen (secondary N) is 2. The van der Waals surface area contributed by atoms with Crippen molar-refractivity contribution < 1.29 is 23.5 Å². The molecule has 0 fully saturated rings. The third kappa shape index (κ3) is 4.30. The fourth-order valence-corrected chi connectivity index (χ4v) is 2.10. The van der Waals surface area contributed by atoms with Gasteiger partial charge < -0.3 is 20.1 Å². The van der Waals surface area contributed by atoms with E-state index in [1.807, 2.05) is 0 Å². The normalized spacial score (nSPS) is 10.8. The molecular formula is C19H21FN2O4. The van der Waals surface area contributed by atoms with E-state index in [2.05, 4.69) is 10.6 Å². The van der Waals surface area contributed by atoms with Crippen molar-refractivity contribution in [2.24, 2.45) is 5.41 Å². The highest BCUT2D eigenvalue weighted by molar-refractivity contribution is 6.14. The van der Waals surface area contributed by atoms with Gasteiger partial charge >= 0.3 is 0 Å². The smallest absolute Gasteiger partial charge is 0.239 e. The number of halogens is 1. The number of methoxy groups -OCH3 is 2. The predicted molar refractivity (Wildman–Crippen MR) is 97.0 cm³/mol. The first-order chi connectivity index (χ1) is 12.3. The lowest BCUT2D eigenvalue weighted by Gasteiger charge is -2.23. The van der Waals surface area contributed by atoms with Crippen LogP contribution in [0.1, 0.15) is 13.8 Å². The molecule has 2 aromatic rings. The highest BCUT2D eigenvalue weighted by Crippen LogP contribution is 2.31. The Balaban J connectivity index is 2.14. The molecule has 0 aliphatic heterocycles. The van der Waals surface area contributed by atoms with E-state index in [1.54, 1.807) is 18.2 Å². The molecule has 2 amide bonds. The van der Waals surface area contributed by atoms with Crippen LogP contribution < -0.4 is 20.1 Å². The first-order valence-electron chi connectivity index (χ1n) is 7.88. The molecule has 0 aliphatic carbocycles. The largest absolute Gasteiger partial charge is 0.497 e. The van der Waals surface area contributed by atoms with E-state index in [9.17, 15) is 14.0 Å². The number of carbonyl (C=O) groups excluding carboxylic acids is 2. The van der Waals surface area contributed by atoms with Crippen LogP contribution in [0.3, 0.4) is 0 Å². The van der Waals surface area contributed by atoms with Gasteiger partial charge in [-0.1, -0.05) is 0 Å². The van der Waals surface area contributed by atoms with Gasteiger partial charge in [0.1, 0.15) is 22.7 Å². The maximum Gasteiger partial charge on any atom is 0.239 e. The second kappa shape index (κ2) is 7.86. The standard InChI is InChI=1S/C19H21FN2O4/c1-19(2,17(23)21-13-7-5-12(20)6-8-13)18(24)22-15-10-9-14(25-3)11-16(15)26-4/h5-11H,1-4H3,(H,21,23)(H,22,24). The Labute approximate surface area is 151 Å². The predicted octanol–water partition coefficient (Wildman–Crippen LogP) is 3.45. The summed E-state index contributed by atoms with van der Waals surface area (Å²) in [7, 11) is 2.99. The van der Waals surface area contributed by atoms with E-state index in [-0.39, 0.29) is 0 Å². The van der Waals surface area contributed by atoms with Gasteiger partial charge in [0.2, 0.25) is 11.8 Å². The van der Waals surface area contributed by atoms with E-state index < -0.39 is 23.0 Å². The Morgan fingerprint density at radius 1 is 0.923 bits per heavy atom. The van der Waals surface area contributed by atoms with Crippen molar-refractivity contribution in [3.8, 4) is 11.5 Å². The van der Waals surface area contributed by atoms with Crippen molar-refractivity contribution in [3.05, 3.63) is 48.3 Å². The maximum absolute atomic E-state index is 13.0. The first-order valence-corrected chi connectivity index (χ1v) is 7.88. The van der Waals surface area contributed by atoms with E-state index in [1.165, 1.54) is 52.3 Å². The fraction of sp³-hybridized carbons (Fsp3) is 0.263. The lowest BCUT2D eigenvalue weighted by atomic mass is 9.90. The third-order valence-corrected chi connectivity index (χ3v) is 3.89. The van der Waals surface area contributed by atoms with Gasteiger partial charge in [0.25, 0.3) is 0 Å². The Kier molecular flexibility index (Phi) is 5.82. The summed E-state index contributed by atoms with van der Waals surface area (Å²) in [5.74, 6) is -0.457. The zero-order chi connectivity index (χ0) is 19.3. The van der Waals surface area contributed by atoms with Gasteiger partial charge in [-0.2, -0.15) is 0 Å². The van der Waals surface area contributed by atoms with E-state index in [0.29, 0.717) is 22.9 Å². The molecule has 0 saturated carbocycles. The van der Waals surface area contributed by atoms with Crippen LogP contribution in [0.5, 0.6) is 11.5 Å². The molecule has 0 bridgehead atoms. The minimum atomic E-state index is -1.38. The minimum absolute atomic E-state index is 0.402. The maximum atomic E-state index is 13.0. The molecule has 2 rings (SSSR count). The minimum Gasteiger partial charge on any atom is -0.497 e. The quantitative estimate of drug-likeness (QED) is 0.774. The lowest BCUT2D eigenvalue weighted by molar-refractivity contribution is -0.135. The summed E-state index contributed by atoms with van der Waals surface area (Å²) < 4.78 is 23.3. The molecule has 0 unspecified atom stereocenters. The molecule has 6 nitrogen and oxygen atoms in total. The van der Waals surface area contributed by atoms with Gasteiger partial charge in [0.05, 0.1) is 19.9 Å². The monoisotopic (exact) mass is 360 g/mol. The van der Waals surface area contributed by atoms with Crippen LogP contribution in [-0.2, 0) is 9.59 Å². The van der Waals surface area contributed by atoms with Crippen LogP contribution >= 0.6 is 0 Å². The Morgan fingerprint density at radius 3 is 2.12 bits per heavy atom. The lowest BCUT2D eigenvalue weighted by Crippen LogP contribution is -2.41. The summed E-state index contributed by atoms with van der Waals surface area (Å²) in [6.45, 7) is 2.99. The number of anilines is 2. The van der Waals surface area contributed by atoms with Crippen molar-refractivity contribution in [1.82, 2.24) is 0 Å². The molecule has 0 aliphatic rings. The highest BCUT2D eigenvalue weighted by Gasteiger charge is 2.36. The highest BCUT2D eigenvalue weighted by atomic mass is 19.1. The summed E-state index contributed by atoms with van der Waals surface area (Å²) in [6, 6.07) is 10.2. The van der Waals surface area contributed by atoms with E-state index in [4.69, 9.17) is 9.47 Å². The van der Waals surface area contributed by atoms with Crippen molar-refractivity contribution in [1.29, 1.82) is 0 Å². The molecule has 0 aromatic heterocycles. The van der Waals surface area contributed by atoms with Gasteiger partial charge in [-0.05, 0) is 50.2 Å². The van der Waals surface area contributed by atoms with Crippen LogP contribution in [0.25, 0.3) is 0 Å². The van der Waals surface area contributed by atoms with Crippen LogP contribution in [0.15, 0.2) is 42.5 Å². The molecule has 0 saturated heterocycles. The van der Waals surface area contributed by atoms with Gasteiger partial charge in [-0.3, -0.25) is 9.59 Å². The Morgan fingerprint density at radius 2 is 1.54 bits per heavy atom. The number of rotatable bonds is 6. The van der Waals surface area contributed by atoms with Gasteiger partial charge in [-0.25, -0.2) is 4.39 Å². The summed E-state index contributed by atoms with van der Waals surface area (Å²) in [5.41, 5.74) is -0.556. The van der Waals surface area contributed by atoms with Crippen molar-refractivity contribution >= 4 is 23.2 Å². The number of amides is 2. The Bertz CT molecular complexity index is 804. The van der Waals surface area contributed by atoms with Crippen molar-refractivity contribution in [2.75, 3.05) is 24.9 Å². The Hall–Kier alpha value is -3.09. The number of benzene rings is 2. The molecule has 138 valence electrons. The van der Waals surface area contributed by atoms with Gasteiger partial charge in [0, 0.05) is 11.8 Å². The fourth-order valence-electron chi connectivity index (χ4n) is 2.10. The van der Waals surface area contributed by atoms with Crippen molar-refractivity contribution in [3.63, 3.8) is 0 Å². The molecule has 0 spiro atoms. The molecule has 2 aromatic carbocycles. The molecular weight excluding hydrogens is 339 g/mol. The molecule has 0 atom stereocenters. The van der Waals surface area contributed by atoms with Crippen LogP contribution in [0.4, 0.5) is 15.8 Å². The van der Waals surface area contributed by atoms with Crippen LogP contribution in [0.2, 0.25) is 0 Å². The van der Waals surface area contributed by atoms with Gasteiger partial charge in [-0.15, -0.1) is 0 Å². The average molecular weight is 360 g/mol. The van der Waals surface area contributed by atoms with Gasteiger partial charge in [0.15, 0.2) is 0 Å². The topological polar surface area (TPSA) is 76.7 Å². The second-order valence-electron chi connectivity index (χ2n) is 6.11. The van der Waals surface area contributed by atoms with Crippen LogP contribution in [0, 0.1) is 11.2 Å². The van der Waals surface area contributed by atoms with Crippen LogP contribution in [-0.4, -0.2) is 26.0 Å². The summed E-state index contributed by atoms with van der Waals surface area (Å²) in [4.78, 5) is 25.1. The number of carbonyl (C=O) groups is 2. The van der Waals surface area contributed by atoms with Crippen molar-refractivity contribution in [2.45, 2.75) is 13.8 Å². The molecule has 2 N–H and O–H groups in total. The molecule has 26 heavy (non-hydrogen) atoms. The second-order valence-corrected chi connectivity index (χ2v) is 6.11. The van der Waals surface area contributed by atoms with E-state index in [0.717, 1.165) is 0 Å². The number of ether oxygens (including phenoxy) is 2. The number of hydrogen-bond donors (Lipinski definition) is 2. The molecule has 7 heteroatoms. The first kappa shape index (κ1) is 19.2. The summed E-state index contributed by atoms with van der Waals surface area (Å²) in [6.07, 6.45) is 0. The summed E-state index contributed by atoms with van der Waals surface area (Å²) in [5, 5.41) is 5.29. The number of hydrogen-bond acceptors (Lipinski definition) is 4. The third-order valence-electron chi connectivity index (χ3n) is 3.89. The average Bonchev–Trinajstić information content (AvgIpc) is 2.63. The van der Waals surface area contributed by atoms with E-state index >= 15 is 0 Å². The summed E-state index contributed by atoms with van der Waals surface area (Å²) >= 11 is 0. The zero-order valence-corrected chi connectivity index (χ0v) is 15.1. The SMILES string of the molecule is COc1ccc(NC(=O)C(C)(C)C(=O)Nc2ccc(F)cc2)c(OC)c1. The molecule has 0 radical (unpaired) electrons. The zero-order valence-electron chi connectivity index (χ0n) is 15.1.